The molecule has 1 atom stereocenters. The average Bonchev–Trinajstić information content (AvgIpc) is 2.40. The monoisotopic (exact) mass is 268 g/mol. The van der Waals surface area contributed by atoms with Crippen LogP contribution in [0.15, 0.2) is 17.4 Å². The van der Waals surface area contributed by atoms with E-state index >= 15 is 0 Å². The molecule has 6 nitrogen and oxygen atoms in total. The van der Waals surface area contributed by atoms with E-state index in [0.717, 1.165) is 17.3 Å². The lowest BCUT2D eigenvalue weighted by Gasteiger charge is -2.33. The fraction of sp³-hybridized carbons (Fsp3) is 0.545. The predicted molar refractivity (Wildman–Crippen MR) is 68.5 cm³/mol. The predicted octanol–water partition coefficient (Wildman–Crippen LogP) is 0.0569. The van der Waals surface area contributed by atoms with Gasteiger partial charge in [0.05, 0.1) is 5.69 Å². The van der Waals surface area contributed by atoms with Gasteiger partial charge in [-0.25, -0.2) is 4.98 Å². The van der Waals surface area contributed by atoms with Gasteiger partial charge in [-0.05, 0) is 6.26 Å². The van der Waals surface area contributed by atoms with Crippen molar-refractivity contribution in [3.63, 3.8) is 0 Å². The molecule has 1 aliphatic rings. The van der Waals surface area contributed by atoms with Gasteiger partial charge in [0.1, 0.15) is 11.1 Å². The van der Waals surface area contributed by atoms with E-state index in [1.165, 1.54) is 11.8 Å². The summed E-state index contributed by atoms with van der Waals surface area (Å²) >= 11 is 1.53. The SMILES string of the molecule is CSc1nccnc1CN1CCNCC1C(=O)O. The number of nitrogens with zero attached hydrogens (tertiary/aromatic N) is 3. The number of aliphatic carboxylic acids is 1. The number of hydrogen-bond donors (Lipinski definition) is 2. The molecule has 1 saturated heterocycles. The first-order chi connectivity index (χ1) is 8.72. The first kappa shape index (κ1) is 13.3. The zero-order chi connectivity index (χ0) is 13.0. The molecule has 2 N–H and O–H groups in total. The van der Waals surface area contributed by atoms with Gasteiger partial charge < -0.3 is 10.4 Å². The molecule has 0 bridgehead atoms. The lowest BCUT2D eigenvalue weighted by molar-refractivity contribution is -0.144. The van der Waals surface area contributed by atoms with Crippen molar-refractivity contribution in [1.29, 1.82) is 0 Å². The van der Waals surface area contributed by atoms with Crippen molar-refractivity contribution in [2.24, 2.45) is 0 Å². The van der Waals surface area contributed by atoms with Gasteiger partial charge in [0, 0.05) is 38.6 Å². The van der Waals surface area contributed by atoms with Crippen molar-refractivity contribution in [2.45, 2.75) is 17.6 Å². The lowest BCUT2D eigenvalue weighted by Crippen LogP contribution is -2.54. The Labute approximate surface area is 110 Å². The van der Waals surface area contributed by atoms with Gasteiger partial charge in [0.2, 0.25) is 0 Å². The molecular formula is C11H16N4O2S. The summed E-state index contributed by atoms with van der Waals surface area (Å²) in [7, 11) is 0. The van der Waals surface area contributed by atoms with Crippen LogP contribution in [0, 0.1) is 0 Å². The number of rotatable bonds is 4. The highest BCUT2D eigenvalue weighted by molar-refractivity contribution is 7.98. The summed E-state index contributed by atoms with van der Waals surface area (Å²) in [5, 5.41) is 13.1. The van der Waals surface area contributed by atoms with Crippen LogP contribution in [-0.2, 0) is 11.3 Å². The first-order valence-electron chi connectivity index (χ1n) is 5.74. The van der Waals surface area contributed by atoms with Crippen LogP contribution in [0.1, 0.15) is 5.69 Å². The van der Waals surface area contributed by atoms with Crippen LogP contribution in [0.3, 0.4) is 0 Å². The summed E-state index contributed by atoms with van der Waals surface area (Å²) in [4.78, 5) is 21.7. The zero-order valence-electron chi connectivity index (χ0n) is 10.2. The molecule has 0 radical (unpaired) electrons. The van der Waals surface area contributed by atoms with E-state index in [9.17, 15) is 9.90 Å². The van der Waals surface area contributed by atoms with Crippen molar-refractivity contribution >= 4 is 17.7 Å². The molecule has 2 heterocycles. The molecule has 7 heteroatoms. The summed E-state index contributed by atoms with van der Waals surface area (Å²) in [6.07, 6.45) is 5.24. The molecule has 2 rings (SSSR count). The Bertz CT molecular complexity index is 429. The van der Waals surface area contributed by atoms with Crippen LogP contribution in [0.25, 0.3) is 0 Å². The average molecular weight is 268 g/mol. The van der Waals surface area contributed by atoms with Crippen LogP contribution < -0.4 is 5.32 Å². The summed E-state index contributed by atoms with van der Waals surface area (Å²) in [5.74, 6) is -0.795. The van der Waals surface area contributed by atoms with Crippen molar-refractivity contribution in [3.8, 4) is 0 Å². The van der Waals surface area contributed by atoms with Crippen molar-refractivity contribution < 1.29 is 9.90 Å². The number of piperazine rings is 1. The second kappa shape index (κ2) is 6.12. The molecule has 1 aliphatic heterocycles. The third-order valence-electron chi connectivity index (χ3n) is 2.92. The highest BCUT2D eigenvalue weighted by Gasteiger charge is 2.29. The van der Waals surface area contributed by atoms with E-state index in [4.69, 9.17) is 0 Å². The van der Waals surface area contributed by atoms with E-state index in [-0.39, 0.29) is 0 Å². The highest BCUT2D eigenvalue weighted by atomic mass is 32.2. The quantitative estimate of drug-likeness (QED) is 0.747. The number of nitrogens with one attached hydrogen (secondary N) is 1. The van der Waals surface area contributed by atoms with Gasteiger partial charge in [-0.1, -0.05) is 0 Å². The van der Waals surface area contributed by atoms with Gasteiger partial charge in [0.25, 0.3) is 0 Å². The van der Waals surface area contributed by atoms with Gasteiger partial charge in [-0.3, -0.25) is 14.7 Å². The molecule has 0 amide bonds. The Hall–Kier alpha value is -1.18. The molecule has 0 saturated carbocycles. The minimum absolute atomic E-state index is 0.476. The van der Waals surface area contributed by atoms with Crippen molar-refractivity contribution in [2.75, 3.05) is 25.9 Å². The van der Waals surface area contributed by atoms with Gasteiger partial charge in [-0.2, -0.15) is 0 Å². The molecule has 0 aromatic carbocycles. The van der Waals surface area contributed by atoms with Crippen molar-refractivity contribution in [1.82, 2.24) is 20.2 Å². The minimum Gasteiger partial charge on any atom is -0.480 e. The largest absolute Gasteiger partial charge is 0.480 e. The molecule has 1 aromatic heterocycles. The maximum atomic E-state index is 11.2. The minimum atomic E-state index is -0.795. The molecule has 98 valence electrons. The second-order valence-corrected chi connectivity index (χ2v) is 4.84. The molecule has 1 fully saturated rings. The summed E-state index contributed by atoms with van der Waals surface area (Å²) in [5.41, 5.74) is 0.846. The number of aromatic nitrogens is 2. The number of thioether (sulfide) groups is 1. The summed E-state index contributed by atoms with van der Waals surface area (Å²) in [6.45, 7) is 2.52. The van der Waals surface area contributed by atoms with Gasteiger partial charge >= 0.3 is 5.97 Å². The molecule has 0 aliphatic carbocycles. The van der Waals surface area contributed by atoms with Gasteiger partial charge in [0.15, 0.2) is 0 Å². The molecule has 0 spiro atoms. The first-order valence-corrected chi connectivity index (χ1v) is 6.96. The fourth-order valence-corrected chi connectivity index (χ4v) is 2.52. The van der Waals surface area contributed by atoms with Gasteiger partial charge in [-0.15, -0.1) is 11.8 Å². The fourth-order valence-electron chi connectivity index (χ4n) is 2.00. The van der Waals surface area contributed by atoms with E-state index in [1.807, 2.05) is 11.2 Å². The normalized spacial score (nSPS) is 20.8. The number of carbonyl (C=O) groups is 1. The molecule has 1 aromatic rings. The number of carboxylic acid groups (broad SMARTS) is 1. The van der Waals surface area contributed by atoms with Crippen LogP contribution in [0.2, 0.25) is 0 Å². The lowest BCUT2D eigenvalue weighted by atomic mass is 10.2. The molecule has 18 heavy (non-hydrogen) atoms. The Morgan fingerprint density at radius 1 is 1.61 bits per heavy atom. The maximum absolute atomic E-state index is 11.2. The van der Waals surface area contributed by atoms with Crippen LogP contribution >= 0.6 is 11.8 Å². The van der Waals surface area contributed by atoms with E-state index < -0.39 is 12.0 Å². The number of hydrogen-bond acceptors (Lipinski definition) is 6. The van der Waals surface area contributed by atoms with Crippen molar-refractivity contribution in [3.05, 3.63) is 18.1 Å². The third kappa shape index (κ3) is 2.98. The number of carboxylic acids is 1. The maximum Gasteiger partial charge on any atom is 0.322 e. The molecular weight excluding hydrogens is 252 g/mol. The Morgan fingerprint density at radius 2 is 2.39 bits per heavy atom. The summed E-state index contributed by atoms with van der Waals surface area (Å²) < 4.78 is 0. The second-order valence-electron chi connectivity index (χ2n) is 4.04. The Balaban J connectivity index is 2.13. The topological polar surface area (TPSA) is 78.4 Å². The van der Waals surface area contributed by atoms with Crippen LogP contribution in [0.4, 0.5) is 0 Å². The standard InChI is InChI=1S/C11H16N4O2S/c1-18-10-8(13-2-3-14-10)7-15-5-4-12-6-9(15)11(16)17/h2-3,9,12H,4-7H2,1H3,(H,16,17). The molecule has 1 unspecified atom stereocenters. The van der Waals surface area contributed by atoms with E-state index in [2.05, 4.69) is 15.3 Å². The third-order valence-corrected chi connectivity index (χ3v) is 3.65. The Morgan fingerprint density at radius 3 is 3.11 bits per heavy atom. The zero-order valence-corrected chi connectivity index (χ0v) is 11.0. The Kier molecular flexibility index (Phi) is 4.51. The van der Waals surface area contributed by atoms with Crippen LogP contribution in [-0.4, -0.2) is 57.9 Å². The smallest absolute Gasteiger partial charge is 0.322 e. The van der Waals surface area contributed by atoms with E-state index in [0.29, 0.717) is 19.6 Å². The van der Waals surface area contributed by atoms with E-state index in [1.54, 1.807) is 12.4 Å². The summed E-state index contributed by atoms with van der Waals surface area (Å²) in [6, 6.07) is -0.490. The van der Waals surface area contributed by atoms with Crippen LogP contribution in [0.5, 0.6) is 0 Å². The highest BCUT2D eigenvalue weighted by Crippen LogP contribution is 2.18.